The van der Waals surface area contributed by atoms with Gasteiger partial charge in [-0.3, -0.25) is 24.0 Å². The molecular formula is C20H27N5O3. The molecule has 2 saturated heterocycles. The molecule has 3 N–H and O–H groups in total. The van der Waals surface area contributed by atoms with Gasteiger partial charge in [-0.05, 0) is 56.5 Å². The molecule has 2 fully saturated rings. The molecule has 1 unspecified atom stereocenters. The van der Waals surface area contributed by atoms with Crippen LogP contribution in [0.4, 0.5) is 0 Å². The SMILES string of the molecule is Cn1c(=O)n(C2CCC(=O)NC2=O)c2ccc(CCN3CCC(N)CC3)cc21. The molecule has 2 aliphatic rings. The number of hydrogen-bond acceptors (Lipinski definition) is 5. The van der Waals surface area contributed by atoms with Crippen LogP contribution in [0.15, 0.2) is 23.0 Å². The second-order valence-corrected chi connectivity index (χ2v) is 7.93. The minimum absolute atomic E-state index is 0.230. The van der Waals surface area contributed by atoms with Crippen molar-refractivity contribution < 1.29 is 9.59 Å². The summed E-state index contributed by atoms with van der Waals surface area (Å²) in [7, 11) is 1.73. The monoisotopic (exact) mass is 385 g/mol. The zero-order valence-electron chi connectivity index (χ0n) is 16.2. The maximum atomic E-state index is 12.8. The fourth-order valence-corrected chi connectivity index (χ4v) is 4.26. The number of piperidine rings is 2. The number of nitrogens with one attached hydrogen (secondary N) is 1. The van der Waals surface area contributed by atoms with E-state index in [2.05, 4.69) is 10.2 Å². The van der Waals surface area contributed by atoms with Crippen LogP contribution in [0.3, 0.4) is 0 Å². The van der Waals surface area contributed by atoms with E-state index in [0.717, 1.165) is 49.9 Å². The van der Waals surface area contributed by atoms with Gasteiger partial charge in [-0.1, -0.05) is 6.07 Å². The molecule has 8 nitrogen and oxygen atoms in total. The Bertz CT molecular complexity index is 968. The molecule has 0 radical (unpaired) electrons. The molecule has 3 heterocycles. The highest BCUT2D eigenvalue weighted by Crippen LogP contribution is 2.24. The van der Waals surface area contributed by atoms with Crippen LogP contribution in [-0.2, 0) is 23.1 Å². The van der Waals surface area contributed by atoms with E-state index in [9.17, 15) is 14.4 Å². The van der Waals surface area contributed by atoms with Crippen LogP contribution in [0.5, 0.6) is 0 Å². The first-order valence-electron chi connectivity index (χ1n) is 9.95. The molecule has 2 amide bonds. The number of amides is 2. The number of carbonyl (C=O) groups is 2. The average molecular weight is 385 g/mol. The van der Waals surface area contributed by atoms with E-state index < -0.39 is 11.9 Å². The second kappa shape index (κ2) is 7.52. The van der Waals surface area contributed by atoms with Crippen LogP contribution in [-0.4, -0.2) is 51.5 Å². The fourth-order valence-electron chi connectivity index (χ4n) is 4.26. The van der Waals surface area contributed by atoms with Crippen LogP contribution in [0.2, 0.25) is 0 Å². The number of fused-ring (bicyclic) bond motifs is 1. The van der Waals surface area contributed by atoms with Crippen molar-refractivity contribution in [1.82, 2.24) is 19.4 Å². The van der Waals surface area contributed by atoms with Gasteiger partial charge >= 0.3 is 5.69 Å². The number of nitrogens with two attached hydrogens (primary N) is 1. The zero-order chi connectivity index (χ0) is 19.8. The minimum atomic E-state index is -0.641. The van der Waals surface area contributed by atoms with Gasteiger partial charge in [0.05, 0.1) is 11.0 Å². The van der Waals surface area contributed by atoms with Gasteiger partial charge in [0.25, 0.3) is 0 Å². The van der Waals surface area contributed by atoms with Gasteiger partial charge in [0.1, 0.15) is 6.04 Å². The number of benzene rings is 1. The lowest BCUT2D eigenvalue weighted by Gasteiger charge is -2.30. The van der Waals surface area contributed by atoms with Crippen molar-refractivity contribution in [3.63, 3.8) is 0 Å². The lowest BCUT2D eigenvalue weighted by atomic mass is 10.0. The molecule has 1 atom stereocenters. The van der Waals surface area contributed by atoms with Gasteiger partial charge in [-0.15, -0.1) is 0 Å². The summed E-state index contributed by atoms with van der Waals surface area (Å²) in [6.07, 6.45) is 3.59. The number of aromatic nitrogens is 2. The summed E-state index contributed by atoms with van der Waals surface area (Å²) in [5.74, 6) is -0.686. The van der Waals surface area contributed by atoms with Crippen LogP contribution in [0.1, 0.15) is 37.3 Å². The summed E-state index contributed by atoms with van der Waals surface area (Å²) in [5, 5.41) is 2.34. The van der Waals surface area contributed by atoms with Crippen molar-refractivity contribution in [2.24, 2.45) is 12.8 Å². The highest BCUT2D eigenvalue weighted by molar-refractivity contribution is 6.00. The van der Waals surface area contributed by atoms with Crippen molar-refractivity contribution in [2.75, 3.05) is 19.6 Å². The highest BCUT2D eigenvalue weighted by Gasteiger charge is 2.31. The summed E-state index contributed by atoms with van der Waals surface area (Å²) in [6.45, 7) is 3.04. The van der Waals surface area contributed by atoms with Crippen LogP contribution in [0.25, 0.3) is 11.0 Å². The number of carbonyl (C=O) groups excluding carboxylic acids is 2. The number of imide groups is 1. The number of nitrogens with zero attached hydrogens (tertiary/aromatic N) is 3. The van der Waals surface area contributed by atoms with Gasteiger partial charge in [-0.2, -0.15) is 0 Å². The largest absolute Gasteiger partial charge is 0.329 e. The third kappa shape index (κ3) is 3.49. The fraction of sp³-hybridized carbons (Fsp3) is 0.550. The first-order chi connectivity index (χ1) is 13.4. The normalized spacial score (nSPS) is 22.0. The number of hydrogen-bond donors (Lipinski definition) is 2. The van der Waals surface area contributed by atoms with E-state index in [1.54, 1.807) is 11.6 Å². The van der Waals surface area contributed by atoms with Gasteiger partial charge in [0.2, 0.25) is 11.8 Å². The molecule has 4 rings (SSSR count). The van der Waals surface area contributed by atoms with E-state index in [1.165, 1.54) is 10.1 Å². The summed E-state index contributed by atoms with van der Waals surface area (Å²) >= 11 is 0. The van der Waals surface area contributed by atoms with E-state index in [4.69, 9.17) is 5.73 Å². The van der Waals surface area contributed by atoms with Crippen molar-refractivity contribution in [2.45, 2.75) is 44.2 Å². The molecule has 8 heteroatoms. The van der Waals surface area contributed by atoms with E-state index in [0.29, 0.717) is 12.5 Å². The van der Waals surface area contributed by atoms with Gasteiger partial charge < -0.3 is 10.6 Å². The molecular weight excluding hydrogens is 358 g/mol. The lowest BCUT2D eigenvalue weighted by molar-refractivity contribution is -0.135. The molecule has 1 aromatic carbocycles. The maximum Gasteiger partial charge on any atom is 0.329 e. The Morgan fingerprint density at radius 1 is 1.11 bits per heavy atom. The summed E-state index contributed by atoms with van der Waals surface area (Å²) < 4.78 is 3.11. The highest BCUT2D eigenvalue weighted by atomic mass is 16.2. The van der Waals surface area contributed by atoms with Gasteiger partial charge in [0.15, 0.2) is 0 Å². The van der Waals surface area contributed by atoms with E-state index in [-0.39, 0.29) is 18.0 Å². The first-order valence-corrected chi connectivity index (χ1v) is 9.95. The topological polar surface area (TPSA) is 102 Å². The summed E-state index contributed by atoms with van der Waals surface area (Å²) in [6, 6.07) is 5.67. The van der Waals surface area contributed by atoms with E-state index >= 15 is 0 Å². The van der Waals surface area contributed by atoms with Crippen LogP contribution >= 0.6 is 0 Å². The number of imidazole rings is 1. The average Bonchev–Trinajstić information content (AvgIpc) is 2.92. The number of rotatable bonds is 4. The molecule has 0 saturated carbocycles. The molecule has 2 aliphatic heterocycles. The van der Waals surface area contributed by atoms with Crippen LogP contribution < -0.4 is 16.7 Å². The third-order valence-electron chi connectivity index (χ3n) is 6.02. The summed E-state index contributed by atoms with van der Waals surface area (Å²) in [4.78, 5) is 38.9. The molecule has 2 aromatic rings. The Hall–Kier alpha value is -2.45. The standard InChI is InChI=1S/C20H27N5O3/c1-23-17-12-13(6-9-24-10-7-14(21)8-11-24)2-3-15(17)25(20(23)28)16-4-5-18(26)22-19(16)27/h2-3,12,14,16H,4-11,21H2,1H3,(H,22,26,27). The molecule has 0 bridgehead atoms. The lowest BCUT2D eigenvalue weighted by Crippen LogP contribution is -2.44. The molecule has 28 heavy (non-hydrogen) atoms. The zero-order valence-corrected chi connectivity index (χ0v) is 16.2. The van der Waals surface area contributed by atoms with Crippen LogP contribution in [0, 0.1) is 0 Å². The molecule has 0 aliphatic carbocycles. The Morgan fingerprint density at radius 2 is 1.86 bits per heavy atom. The number of aryl methyl sites for hydroxylation is 1. The van der Waals surface area contributed by atoms with E-state index in [1.807, 2.05) is 18.2 Å². The van der Waals surface area contributed by atoms with Gasteiger partial charge in [0, 0.05) is 26.1 Å². The molecule has 150 valence electrons. The second-order valence-electron chi connectivity index (χ2n) is 7.93. The maximum absolute atomic E-state index is 12.8. The molecule has 0 spiro atoms. The first kappa shape index (κ1) is 18.9. The Kier molecular flexibility index (Phi) is 5.07. The number of likely N-dealkylation sites (tertiary alicyclic amines) is 1. The van der Waals surface area contributed by atoms with Crippen molar-refractivity contribution >= 4 is 22.8 Å². The predicted molar refractivity (Wildman–Crippen MR) is 106 cm³/mol. The summed E-state index contributed by atoms with van der Waals surface area (Å²) in [5.41, 5.74) is 8.45. The Balaban J connectivity index is 1.57. The predicted octanol–water partition coefficient (Wildman–Crippen LogP) is 0.283. The third-order valence-corrected chi connectivity index (χ3v) is 6.02. The molecule has 1 aromatic heterocycles. The van der Waals surface area contributed by atoms with Crippen molar-refractivity contribution in [3.05, 3.63) is 34.2 Å². The van der Waals surface area contributed by atoms with Gasteiger partial charge in [-0.25, -0.2) is 4.79 Å². The van der Waals surface area contributed by atoms with Crippen molar-refractivity contribution in [1.29, 1.82) is 0 Å². The Labute approximate surface area is 163 Å². The minimum Gasteiger partial charge on any atom is -0.328 e. The Morgan fingerprint density at radius 3 is 2.57 bits per heavy atom. The van der Waals surface area contributed by atoms with Crippen molar-refractivity contribution in [3.8, 4) is 0 Å². The quantitative estimate of drug-likeness (QED) is 0.736. The smallest absolute Gasteiger partial charge is 0.328 e.